The van der Waals surface area contributed by atoms with Crippen molar-refractivity contribution in [2.24, 2.45) is 13.0 Å². The average Bonchev–Trinajstić information content (AvgIpc) is 3.26. The normalized spacial score (nSPS) is 14.3. The van der Waals surface area contributed by atoms with Crippen LogP contribution in [0, 0.1) is 30.0 Å². The zero-order valence-corrected chi connectivity index (χ0v) is 19.8. The highest BCUT2D eigenvalue weighted by atomic mass is 19.1. The van der Waals surface area contributed by atoms with Gasteiger partial charge in [-0.3, -0.25) is 0 Å². The first-order valence-electron chi connectivity index (χ1n) is 11.7. The van der Waals surface area contributed by atoms with Gasteiger partial charge in [-0.2, -0.15) is 5.26 Å². The number of ether oxygens (including phenoxy) is 1. The number of anilines is 1. The quantitative estimate of drug-likeness (QED) is 0.411. The number of aryl methyl sites for hydroxylation is 2. The van der Waals surface area contributed by atoms with E-state index in [1.165, 1.54) is 6.07 Å². The van der Waals surface area contributed by atoms with Crippen LogP contribution < -0.4 is 9.64 Å². The van der Waals surface area contributed by atoms with Gasteiger partial charge in [-0.05, 0) is 74.1 Å². The zero-order valence-electron chi connectivity index (χ0n) is 19.8. The highest BCUT2D eigenvalue weighted by Crippen LogP contribution is 2.29. The van der Waals surface area contributed by atoms with Crippen molar-refractivity contribution in [2.75, 3.05) is 24.6 Å². The molecular weight excluding hydrogens is 445 g/mol. The van der Waals surface area contributed by atoms with E-state index in [9.17, 15) is 9.65 Å². The third kappa shape index (κ3) is 4.64. The molecule has 4 aromatic rings. The Labute approximate surface area is 203 Å². The number of benzene rings is 1. The molecule has 0 N–H and O–H groups in total. The van der Waals surface area contributed by atoms with Gasteiger partial charge < -0.3 is 9.64 Å². The van der Waals surface area contributed by atoms with Crippen LogP contribution in [0.1, 0.15) is 30.5 Å². The molecule has 1 aromatic carbocycles. The third-order valence-electron chi connectivity index (χ3n) is 6.61. The van der Waals surface area contributed by atoms with Crippen molar-refractivity contribution in [1.82, 2.24) is 25.0 Å². The van der Waals surface area contributed by atoms with E-state index in [0.29, 0.717) is 29.6 Å². The summed E-state index contributed by atoms with van der Waals surface area (Å²) in [6.07, 6.45) is 4.58. The van der Waals surface area contributed by atoms with Gasteiger partial charge in [0.1, 0.15) is 17.3 Å². The predicted molar refractivity (Wildman–Crippen MR) is 130 cm³/mol. The molecule has 9 heteroatoms. The molecule has 0 saturated carbocycles. The maximum absolute atomic E-state index is 14.0. The molecule has 1 saturated heterocycles. The van der Waals surface area contributed by atoms with Crippen LogP contribution in [0.2, 0.25) is 0 Å². The number of hydrogen-bond donors (Lipinski definition) is 0. The fourth-order valence-corrected chi connectivity index (χ4v) is 4.61. The van der Waals surface area contributed by atoms with Crippen LogP contribution >= 0.6 is 0 Å². The molecule has 5 rings (SSSR count). The minimum atomic E-state index is -0.260. The molecule has 3 aromatic heterocycles. The number of aromatic nitrogens is 5. The van der Waals surface area contributed by atoms with Crippen LogP contribution in [-0.2, 0) is 7.05 Å². The van der Waals surface area contributed by atoms with Crippen LogP contribution in [-0.4, -0.2) is 44.7 Å². The Kier molecular flexibility index (Phi) is 6.27. The van der Waals surface area contributed by atoms with Crippen molar-refractivity contribution in [1.29, 1.82) is 5.26 Å². The summed E-state index contributed by atoms with van der Waals surface area (Å²) in [5.74, 6) is 1.58. The van der Waals surface area contributed by atoms with E-state index in [4.69, 9.17) is 4.74 Å². The van der Waals surface area contributed by atoms with Crippen molar-refractivity contribution < 1.29 is 9.13 Å². The molecular formula is C26H26FN7O. The fraction of sp³-hybridized carbons (Fsp3) is 0.346. The van der Waals surface area contributed by atoms with Gasteiger partial charge in [0.25, 0.3) is 0 Å². The molecule has 1 aliphatic rings. The minimum Gasteiger partial charge on any atom is -0.493 e. The lowest BCUT2D eigenvalue weighted by Crippen LogP contribution is -2.35. The van der Waals surface area contributed by atoms with E-state index in [-0.39, 0.29) is 11.5 Å². The fourth-order valence-electron chi connectivity index (χ4n) is 4.61. The molecule has 0 atom stereocenters. The lowest BCUT2D eigenvalue weighted by molar-refractivity contribution is 0.257. The van der Waals surface area contributed by atoms with Gasteiger partial charge in [-0.15, -0.1) is 5.10 Å². The van der Waals surface area contributed by atoms with Gasteiger partial charge in [0.2, 0.25) is 0 Å². The molecule has 1 fully saturated rings. The van der Waals surface area contributed by atoms with Gasteiger partial charge in [-0.25, -0.2) is 19.0 Å². The van der Waals surface area contributed by atoms with Crippen LogP contribution in [0.15, 0.2) is 42.6 Å². The average molecular weight is 472 g/mol. The first kappa shape index (κ1) is 22.7. The van der Waals surface area contributed by atoms with E-state index >= 15 is 0 Å². The molecule has 35 heavy (non-hydrogen) atoms. The molecule has 4 heterocycles. The monoisotopic (exact) mass is 471 g/mol. The van der Waals surface area contributed by atoms with E-state index in [1.54, 1.807) is 24.0 Å². The van der Waals surface area contributed by atoms with Gasteiger partial charge in [0, 0.05) is 31.9 Å². The summed E-state index contributed by atoms with van der Waals surface area (Å²) < 4.78 is 21.7. The van der Waals surface area contributed by atoms with Crippen LogP contribution in [0.25, 0.3) is 22.3 Å². The van der Waals surface area contributed by atoms with Crippen LogP contribution in [0.5, 0.6) is 5.75 Å². The SMILES string of the molecule is Cc1cc(-c2cc3c(nnn3C)c(C#N)n2)ccc1OCCC1CCN(c2ncccc2F)CC1. The number of nitriles is 1. The number of fused-ring (bicyclic) bond motifs is 1. The molecule has 0 bridgehead atoms. The number of piperidine rings is 1. The number of nitrogens with zero attached hydrogens (tertiary/aromatic N) is 7. The Morgan fingerprint density at radius 2 is 2.03 bits per heavy atom. The smallest absolute Gasteiger partial charge is 0.170 e. The van der Waals surface area contributed by atoms with Crippen molar-refractivity contribution in [2.45, 2.75) is 26.2 Å². The summed E-state index contributed by atoms with van der Waals surface area (Å²) in [6.45, 7) is 4.25. The number of hydrogen-bond acceptors (Lipinski definition) is 7. The molecule has 178 valence electrons. The van der Waals surface area contributed by atoms with Gasteiger partial charge in [0.05, 0.1) is 17.8 Å². The standard InChI is InChI=1S/C26H26FN7O/c1-17-14-19(21-15-23-25(22(16-28)30-21)31-32-33(23)2)5-6-24(17)35-13-9-18-7-11-34(12-8-18)26-20(27)4-3-10-29-26/h3-6,10,14-15,18H,7-9,11-13H2,1-2H3. The highest BCUT2D eigenvalue weighted by molar-refractivity contribution is 5.83. The summed E-state index contributed by atoms with van der Waals surface area (Å²) in [6, 6.07) is 13.0. The zero-order chi connectivity index (χ0) is 24.4. The molecule has 0 radical (unpaired) electrons. The van der Waals surface area contributed by atoms with E-state index in [1.807, 2.05) is 36.1 Å². The van der Waals surface area contributed by atoms with Crippen molar-refractivity contribution >= 4 is 16.9 Å². The van der Waals surface area contributed by atoms with Gasteiger partial charge in [-0.1, -0.05) is 5.21 Å². The lowest BCUT2D eigenvalue weighted by Gasteiger charge is -2.32. The Morgan fingerprint density at radius 3 is 2.77 bits per heavy atom. The van der Waals surface area contributed by atoms with Gasteiger partial charge in [0.15, 0.2) is 17.3 Å². The first-order chi connectivity index (χ1) is 17.0. The maximum atomic E-state index is 14.0. The van der Waals surface area contributed by atoms with Crippen molar-refractivity contribution in [3.05, 3.63) is 59.7 Å². The van der Waals surface area contributed by atoms with E-state index in [0.717, 1.165) is 54.7 Å². The summed E-state index contributed by atoms with van der Waals surface area (Å²) in [5, 5.41) is 17.5. The Balaban J connectivity index is 1.19. The van der Waals surface area contributed by atoms with Gasteiger partial charge >= 0.3 is 0 Å². The van der Waals surface area contributed by atoms with Crippen LogP contribution in [0.3, 0.4) is 0 Å². The minimum absolute atomic E-state index is 0.260. The van der Waals surface area contributed by atoms with Crippen molar-refractivity contribution in [3.63, 3.8) is 0 Å². The molecule has 1 aliphatic heterocycles. The maximum Gasteiger partial charge on any atom is 0.170 e. The van der Waals surface area contributed by atoms with Crippen LogP contribution in [0.4, 0.5) is 10.2 Å². The molecule has 0 aliphatic carbocycles. The van der Waals surface area contributed by atoms with Crippen molar-refractivity contribution in [3.8, 4) is 23.1 Å². The molecule has 0 spiro atoms. The Hall–Kier alpha value is -4.06. The topological polar surface area (TPSA) is 92.8 Å². The van der Waals surface area contributed by atoms with E-state index < -0.39 is 0 Å². The second-order valence-corrected chi connectivity index (χ2v) is 8.91. The highest BCUT2D eigenvalue weighted by Gasteiger charge is 2.22. The predicted octanol–water partition coefficient (Wildman–Crippen LogP) is 4.43. The summed E-state index contributed by atoms with van der Waals surface area (Å²) in [5.41, 5.74) is 4.15. The number of rotatable bonds is 6. The molecule has 8 nitrogen and oxygen atoms in total. The second kappa shape index (κ2) is 9.66. The molecule has 0 unspecified atom stereocenters. The molecule has 0 amide bonds. The Morgan fingerprint density at radius 1 is 1.20 bits per heavy atom. The second-order valence-electron chi connectivity index (χ2n) is 8.91. The number of halogens is 1. The first-order valence-corrected chi connectivity index (χ1v) is 11.7. The number of pyridine rings is 2. The lowest BCUT2D eigenvalue weighted by atomic mass is 9.94. The van der Waals surface area contributed by atoms with E-state index in [2.05, 4.69) is 26.3 Å². The Bertz CT molecular complexity index is 1400. The summed E-state index contributed by atoms with van der Waals surface area (Å²) >= 11 is 0. The summed E-state index contributed by atoms with van der Waals surface area (Å²) in [4.78, 5) is 10.7. The third-order valence-corrected chi connectivity index (χ3v) is 6.61. The summed E-state index contributed by atoms with van der Waals surface area (Å²) in [7, 11) is 1.79. The largest absolute Gasteiger partial charge is 0.493 e.